The Balaban J connectivity index is 0.00000307. The highest BCUT2D eigenvalue weighted by Crippen LogP contribution is 2.44. The maximum atomic E-state index is 13.4. The number of nitrogens with zero attached hydrogens (tertiary/aromatic N) is 8. The Morgan fingerprint density at radius 3 is 2.03 bits per heavy atom. The summed E-state index contributed by atoms with van der Waals surface area (Å²) in [7, 11) is -6.05. The monoisotopic (exact) mass is 860 g/mol. The van der Waals surface area contributed by atoms with Crippen LogP contribution < -0.4 is 9.75 Å². The molecule has 0 bridgehead atoms. The van der Waals surface area contributed by atoms with Crippen molar-refractivity contribution in [3.8, 4) is 11.5 Å². The Kier molecular flexibility index (Phi) is 12.6. The van der Waals surface area contributed by atoms with Crippen molar-refractivity contribution in [2.75, 3.05) is 24.6 Å². The van der Waals surface area contributed by atoms with E-state index in [2.05, 4.69) is 35.8 Å². The number of azo groups is 3. The summed E-state index contributed by atoms with van der Waals surface area (Å²) in [5, 5.41) is 44.6. The molecule has 1 atom stereocenters. The Morgan fingerprint density at radius 2 is 1.38 bits per heavy atom. The highest BCUT2D eigenvalue weighted by atomic mass is 32.2. The second-order valence-electron chi connectivity index (χ2n) is 13.6. The summed E-state index contributed by atoms with van der Waals surface area (Å²) in [4.78, 5) is 25.6. The van der Waals surface area contributed by atoms with E-state index in [0.717, 1.165) is 28.3 Å². The first-order valence-corrected chi connectivity index (χ1v) is 22.4. The number of hydrogen-bond acceptors (Lipinski definition) is 15. The third-order valence-electron chi connectivity index (χ3n) is 9.26. The van der Waals surface area contributed by atoms with Crippen molar-refractivity contribution in [1.29, 1.82) is 0 Å². The minimum atomic E-state index is -4.00. The number of aromatic hydroxyl groups is 1. The highest BCUT2D eigenvalue weighted by Gasteiger charge is 2.39. The molecule has 7 rings (SSSR count). The maximum absolute atomic E-state index is 13.4. The molecule has 1 aliphatic rings. The van der Waals surface area contributed by atoms with Crippen LogP contribution >= 0.6 is 0 Å². The van der Waals surface area contributed by atoms with Crippen LogP contribution in [0.1, 0.15) is 26.3 Å². The standard InChI is InChI=1S/C41H34N8O8S2.C2H6/c1-23-18-34(35(57-3)22-33(23)44-42-28-11-10-25-8-6-7-9-26(25)19-28)45-46-38-36(59(5,55)56)21-27-20-29(12-17-32(27)40(38)51)43-47-39-37(24(2)50)48-49(41(39)52)30-13-15-31(16-14-30)58(4,53)54;1-2/h6-22,39,51H,1-5H3;1-2H3. The normalized spacial score (nSPS) is 14.6. The van der Waals surface area contributed by atoms with Gasteiger partial charge in [-0.1, -0.05) is 44.2 Å². The number of ether oxygens (including phenoxy) is 1. The molecule has 0 saturated heterocycles. The molecule has 1 unspecified atom stereocenters. The zero-order valence-corrected chi connectivity index (χ0v) is 35.7. The summed E-state index contributed by atoms with van der Waals surface area (Å²) in [5.74, 6) is -1.44. The molecule has 16 nitrogen and oxygen atoms in total. The highest BCUT2D eigenvalue weighted by molar-refractivity contribution is 7.91. The zero-order valence-electron chi connectivity index (χ0n) is 34.1. The SMILES string of the molecule is CC.COc1cc(N=Nc2ccc3ccccc3c2)c(C)cc1N=Nc1c(S(C)(=O)=O)cc2cc(N=NC3C(=O)N(c4ccc(S(C)(=O)=O)cc4)N=C3C(C)=O)ccc2c1O. The van der Waals surface area contributed by atoms with Crippen molar-refractivity contribution in [2.45, 2.75) is 43.5 Å². The fourth-order valence-electron chi connectivity index (χ4n) is 6.20. The lowest BCUT2D eigenvalue weighted by Gasteiger charge is -2.12. The lowest BCUT2D eigenvalue weighted by molar-refractivity contribution is -0.118. The number of sulfone groups is 2. The number of hydrogen-bond donors (Lipinski definition) is 1. The Morgan fingerprint density at radius 1 is 0.738 bits per heavy atom. The number of phenolic OH excluding ortho intramolecular Hbond substituents is 1. The summed E-state index contributed by atoms with van der Waals surface area (Å²) >= 11 is 0. The minimum absolute atomic E-state index is 0.0366. The number of carbonyl (C=O) groups excluding carboxylic acids is 2. The second-order valence-corrected chi connectivity index (χ2v) is 17.6. The third-order valence-corrected chi connectivity index (χ3v) is 11.5. The van der Waals surface area contributed by atoms with E-state index in [1.54, 1.807) is 19.1 Å². The van der Waals surface area contributed by atoms with E-state index in [9.17, 15) is 31.5 Å². The van der Waals surface area contributed by atoms with Gasteiger partial charge >= 0.3 is 0 Å². The number of aryl methyl sites for hydroxylation is 1. The van der Waals surface area contributed by atoms with Gasteiger partial charge in [-0.25, -0.2) is 16.8 Å². The van der Waals surface area contributed by atoms with Gasteiger partial charge < -0.3 is 9.84 Å². The molecule has 1 amide bonds. The number of rotatable bonds is 11. The number of phenols is 1. The number of fused-ring (bicyclic) bond motifs is 2. The number of amides is 1. The van der Waals surface area contributed by atoms with E-state index in [0.29, 0.717) is 16.9 Å². The smallest absolute Gasteiger partial charge is 0.280 e. The summed E-state index contributed by atoms with van der Waals surface area (Å²) in [6.07, 6.45) is 2.01. The number of Topliss-reactive ketones (excluding diaryl/α,β-unsaturated/α-hetero) is 1. The van der Waals surface area contributed by atoms with E-state index in [1.165, 1.54) is 62.6 Å². The van der Waals surface area contributed by atoms with Gasteiger partial charge in [0.15, 0.2) is 37.2 Å². The van der Waals surface area contributed by atoms with Crippen molar-refractivity contribution in [3.63, 3.8) is 0 Å². The first kappa shape index (κ1) is 43.5. The van der Waals surface area contributed by atoms with Gasteiger partial charge in [-0.3, -0.25) is 9.59 Å². The van der Waals surface area contributed by atoms with Gasteiger partial charge in [-0.15, -0.1) is 10.2 Å². The lowest BCUT2D eigenvalue weighted by atomic mass is 10.1. The van der Waals surface area contributed by atoms with Gasteiger partial charge in [0.1, 0.15) is 22.8 Å². The Hall–Kier alpha value is -7.05. The quantitative estimate of drug-likeness (QED) is 0.123. The van der Waals surface area contributed by atoms with Crippen molar-refractivity contribution < 1.29 is 36.3 Å². The summed E-state index contributed by atoms with van der Waals surface area (Å²) in [6.45, 7) is 7.02. The molecule has 61 heavy (non-hydrogen) atoms. The van der Waals surface area contributed by atoms with Crippen molar-refractivity contribution in [2.24, 2.45) is 35.8 Å². The summed E-state index contributed by atoms with van der Waals surface area (Å²) in [6, 6.07) is 26.6. The third kappa shape index (κ3) is 9.40. The molecule has 1 heterocycles. The van der Waals surface area contributed by atoms with Crippen LogP contribution in [0, 0.1) is 6.92 Å². The van der Waals surface area contributed by atoms with Crippen LogP contribution in [0.3, 0.4) is 0 Å². The molecule has 18 heteroatoms. The largest absolute Gasteiger partial charge is 0.505 e. The second kappa shape index (κ2) is 17.7. The van der Waals surface area contributed by atoms with E-state index in [1.807, 2.05) is 56.3 Å². The molecule has 0 aliphatic carbocycles. The minimum Gasteiger partial charge on any atom is -0.505 e. The average molecular weight is 861 g/mol. The van der Waals surface area contributed by atoms with E-state index in [4.69, 9.17) is 4.74 Å². The van der Waals surface area contributed by atoms with E-state index in [-0.39, 0.29) is 54.8 Å². The summed E-state index contributed by atoms with van der Waals surface area (Å²) < 4.78 is 55.4. The van der Waals surface area contributed by atoms with Crippen LogP contribution in [0.15, 0.2) is 149 Å². The topological polar surface area (TPSA) is 222 Å². The molecule has 1 N–H and O–H groups in total. The molecule has 1 aliphatic heterocycles. The molecule has 0 aromatic heterocycles. The first-order chi connectivity index (χ1) is 29.0. The molecular formula is C43H40N8O8S2. The molecule has 0 radical (unpaired) electrons. The molecule has 6 aromatic carbocycles. The fourth-order valence-corrected chi connectivity index (χ4v) is 7.66. The van der Waals surface area contributed by atoms with Crippen molar-refractivity contribution in [3.05, 3.63) is 109 Å². The van der Waals surface area contributed by atoms with Gasteiger partial charge in [0.25, 0.3) is 5.91 Å². The van der Waals surface area contributed by atoms with Crippen LogP contribution in [0.4, 0.5) is 34.1 Å². The average Bonchev–Trinajstić information content (AvgIpc) is 3.57. The van der Waals surface area contributed by atoms with Crippen molar-refractivity contribution >= 4 is 92.7 Å². The van der Waals surface area contributed by atoms with Gasteiger partial charge in [0, 0.05) is 30.9 Å². The van der Waals surface area contributed by atoms with E-state index >= 15 is 0 Å². The number of benzene rings is 6. The van der Waals surface area contributed by atoms with Crippen LogP contribution in [-0.4, -0.2) is 65.0 Å². The predicted molar refractivity (Wildman–Crippen MR) is 234 cm³/mol. The molecule has 312 valence electrons. The van der Waals surface area contributed by atoms with Crippen LogP contribution in [0.2, 0.25) is 0 Å². The van der Waals surface area contributed by atoms with Gasteiger partial charge in [0.05, 0.1) is 39.7 Å². The molecule has 0 fully saturated rings. The Labute approximate surface area is 351 Å². The zero-order chi connectivity index (χ0) is 44.2. The number of hydrazone groups is 1. The van der Waals surface area contributed by atoms with E-state index < -0.39 is 43.2 Å². The lowest BCUT2D eigenvalue weighted by Crippen LogP contribution is -2.32. The summed E-state index contributed by atoms with van der Waals surface area (Å²) in [5.41, 5.74) is 1.96. The van der Waals surface area contributed by atoms with Crippen molar-refractivity contribution in [1.82, 2.24) is 0 Å². The molecule has 6 aromatic rings. The first-order valence-electron chi connectivity index (χ1n) is 18.7. The van der Waals surface area contributed by atoms with Gasteiger partial charge in [0.2, 0.25) is 0 Å². The molecular weight excluding hydrogens is 821 g/mol. The molecule has 0 saturated carbocycles. The Bertz CT molecular complexity index is 3080. The maximum Gasteiger partial charge on any atom is 0.280 e. The molecule has 0 spiro atoms. The van der Waals surface area contributed by atoms with Crippen LogP contribution in [-0.2, 0) is 29.3 Å². The fraction of sp³-hybridized carbons (Fsp3) is 0.186. The van der Waals surface area contributed by atoms with Gasteiger partial charge in [-0.05, 0) is 95.4 Å². The van der Waals surface area contributed by atoms with Gasteiger partial charge in [-0.2, -0.15) is 30.6 Å². The number of carbonyl (C=O) groups is 2. The number of anilines is 1. The predicted octanol–water partition coefficient (Wildman–Crippen LogP) is 10.1. The van der Waals surface area contributed by atoms with Crippen LogP contribution in [0.5, 0.6) is 11.5 Å². The number of methoxy groups -OCH3 is 1. The number of ketones is 1. The van der Waals surface area contributed by atoms with Crippen LogP contribution in [0.25, 0.3) is 21.5 Å².